The van der Waals surface area contributed by atoms with Crippen LogP contribution in [0.15, 0.2) is 0 Å². The zero-order valence-corrected chi connectivity index (χ0v) is 12.2. The summed E-state index contributed by atoms with van der Waals surface area (Å²) in [6.07, 6.45) is 12.2. The van der Waals surface area contributed by atoms with Crippen LogP contribution < -0.4 is 5.32 Å². The molecule has 0 atom stereocenters. The van der Waals surface area contributed by atoms with Gasteiger partial charge < -0.3 is 10.1 Å². The summed E-state index contributed by atoms with van der Waals surface area (Å²) < 4.78 is 6.15. The number of nitrogens with one attached hydrogen (secondary N) is 1. The molecule has 4 aliphatic carbocycles. The predicted octanol–water partition coefficient (Wildman–Crippen LogP) is 3.22. The Hall–Kier alpha value is -0.0800. The maximum absolute atomic E-state index is 6.15. The van der Waals surface area contributed by atoms with Gasteiger partial charge in [0.2, 0.25) is 0 Å². The largest absolute Gasteiger partial charge is 0.378 e. The number of hydrogen-bond acceptors (Lipinski definition) is 2. The summed E-state index contributed by atoms with van der Waals surface area (Å²) in [6.45, 7) is 3.35. The Kier molecular flexibility index (Phi) is 3.57. The van der Waals surface area contributed by atoms with Crippen molar-refractivity contribution in [1.82, 2.24) is 5.32 Å². The fourth-order valence-corrected chi connectivity index (χ4v) is 5.84. The van der Waals surface area contributed by atoms with E-state index in [2.05, 4.69) is 5.32 Å². The van der Waals surface area contributed by atoms with Gasteiger partial charge in [0.25, 0.3) is 0 Å². The molecule has 0 aromatic rings. The second-order valence-electron chi connectivity index (χ2n) is 7.70. The van der Waals surface area contributed by atoms with E-state index in [0.29, 0.717) is 6.10 Å². The Labute approximate surface area is 117 Å². The van der Waals surface area contributed by atoms with Gasteiger partial charge in [-0.25, -0.2) is 0 Å². The van der Waals surface area contributed by atoms with Gasteiger partial charge in [0, 0.05) is 6.61 Å². The van der Waals surface area contributed by atoms with Crippen molar-refractivity contribution < 1.29 is 4.74 Å². The molecule has 0 unspecified atom stereocenters. The van der Waals surface area contributed by atoms with Crippen LogP contribution in [0.3, 0.4) is 0 Å². The Balaban J connectivity index is 1.26. The molecule has 19 heavy (non-hydrogen) atoms. The van der Waals surface area contributed by atoms with Crippen molar-refractivity contribution in [2.24, 2.45) is 29.6 Å². The zero-order chi connectivity index (χ0) is 12.7. The second kappa shape index (κ2) is 5.37. The average molecular weight is 263 g/mol. The first-order valence-electron chi connectivity index (χ1n) is 8.71. The smallest absolute Gasteiger partial charge is 0.0599 e. The molecule has 1 aliphatic heterocycles. The second-order valence-corrected chi connectivity index (χ2v) is 7.70. The highest BCUT2D eigenvalue weighted by atomic mass is 16.5. The molecular weight excluding hydrogens is 234 g/mol. The van der Waals surface area contributed by atoms with E-state index in [4.69, 9.17) is 4.74 Å². The molecule has 108 valence electrons. The van der Waals surface area contributed by atoms with Crippen molar-refractivity contribution in [3.63, 3.8) is 0 Å². The molecule has 2 nitrogen and oxygen atoms in total. The number of piperidine rings is 1. The lowest BCUT2D eigenvalue weighted by Crippen LogP contribution is -2.45. The quantitative estimate of drug-likeness (QED) is 0.841. The normalized spacial score (nSPS) is 45.8. The first kappa shape index (κ1) is 12.6. The molecule has 0 aromatic carbocycles. The fraction of sp³-hybridized carbons (Fsp3) is 1.00. The lowest BCUT2D eigenvalue weighted by Gasteiger charge is -2.54. The molecule has 5 rings (SSSR count). The highest BCUT2D eigenvalue weighted by Crippen LogP contribution is 2.57. The third-order valence-corrected chi connectivity index (χ3v) is 6.51. The van der Waals surface area contributed by atoms with Crippen LogP contribution in [-0.4, -0.2) is 25.8 Å². The van der Waals surface area contributed by atoms with Gasteiger partial charge in [-0.1, -0.05) is 0 Å². The fourth-order valence-electron chi connectivity index (χ4n) is 5.84. The predicted molar refractivity (Wildman–Crippen MR) is 77.0 cm³/mol. The SMILES string of the molecule is C1CC(OCCC2C3CC4CC(C3)CC2C4)CCN1. The average Bonchev–Trinajstić information content (AvgIpc) is 2.42. The number of hydrogen-bond donors (Lipinski definition) is 1. The molecule has 4 bridgehead atoms. The number of ether oxygens (including phenoxy) is 1. The van der Waals surface area contributed by atoms with E-state index in [-0.39, 0.29) is 0 Å². The van der Waals surface area contributed by atoms with Gasteiger partial charge in [-0.05, 0) is 94.0 Å². The Bertz CT molecular complexity index is 282. The first-order chi connectivity index (χ1) is 9.38. The molecule has 1 heterocycles. The maximum Gasteiger partial charge on any atom is 0.0599 e. The van der Waals surface area contributed by atoms with Crippen molar-refractivity contribution in [3.05, 3.63) is 0 Å². The Morgan fingerprint density at radius 1 is 0.842 bits per heavy atom. The minimum absolute atomic E-state index is 0.554. The maximum atomic E-state index is 6.15. The van der Waals surface area contributed by atoms with Crippen LogP contribution >= 0.6 is 0 Å². The summed E-state index contributed by atoms with van der Waals surface area (Å²) in [6, 6.07) is 0. The molecule has 1 N–H and O–H groups in total. The highest BCUT2D eigenvalue weighted by Gasteiger charge is 2.47. The molecule has 1 saturated heterocycles. The molecule has 0 amide bonds. The summed E-state index contributed by atoms with van der Waals surface area (Å²) in [5, 5.41) is 3.42. The molecule has 5 aliphatic rings. The van der Waals surface area contributed by atoms with E-state index in [1.165, 1.54) is 19.3 Å². The van der Waals surface area contributed by atoms with Gasteiger partial charge in [-0.3, -0.25) is 0 Å². The summed E-state index contributed by atoms with van der Waals surface area (Å²) in [4.78, 5) is 0. The van der Waals surface area contributed by atoms with Crippen LogP contribution in [0.5, 0.6) is 0 Å². The molecule has 0 spiro atoms. The van der Waals surface area contributed by atoms with Crippen LogP contribution in [0.1, 0.15) is 51.4 Å². The summed E-state index contributed by atoms with van der Waals surface area (Å²) in [5.74, 6) is 5.41. The van der Waals surface area contributed by atoms with Gasteiger partial charge in [-0.15, -0.1) is 0 Å². The summed E-state index contributed by atoms with van der Waals surface area (Å²) in [5.41, 5.74) is 0. The molecular formula is C17H29NO. The third-order valence-electron chi connectivity index (χ3n) is 6.51. The lowest BCUT2D eigenvalue weighted by molar-refractivity contribution is -0.0576. The third kappa shape index (κ3) is 2.58. The molecule has 5 fully saturated rings. The van der Waals surface area contributed by atoms with E-state index in [9.17, 15) is 0 Å². The lowest BCUT2D eigenvalue weighted by atomic mass is 9.51. The monoisotopic (exact) mass is 263 g/mol. The van der Waals surface area contributed by atoms with E-state index in [0.717, 1.165) is 49.3 Å². The topological polar surface area (TPSA) is 21.3 Å². The summed E-state index contributed by atoms with van der Waals surface area (Å²) in [7, 11) is 0. The van der Waals surface area contributed by atoms with Gasteiger partial charge in [0.1, 0.15) is 0 Å². The minimum atomic E-state index is 0.554. The van der Waals surface area contributed by atoms with Gasteiger partial charge in [-0.2, -0.15) is 0 Å². The Morgan fingerprint density at radius 3 is 2.11 bits per heavy atom. The van der Waals surface area contributed by atoms with Gasteiger partial charge >= 0.3 is 0 Å². The van der Waals surface area contributed by atoms with Crippen LogP contribution in [0, 0.1) is 29.6 Å². The van der Waals surface area contributed by atoms with Gasteiger partial charge in [0.15, 0.2) is 0 Å². The molecule has 4 saturated carbocycles. The van der Waals surface area contributed by atoms with E-state index in [1.54, 1.807) is 32.1 Å². The van der Waals surface area contributed by atoms with Crippen molar-refractivity contribution in [2.45, 2.75) is 57.5 Å². The van der Waals surface area contributed by atoms with Crippen LogP contribution in [0.2, 0.25) is 0 Å². The Morgan fingerprint density at radius 2 is 1.47 bits per heavy atom. The van der Waals surface area contributed by atoms with Crippen molar-refractivity contribution >= 4 is 0 Å². The van der Waals surface area contributed by atoms with Crippen LogP contribution in [0.25, 0.3) is 0 Å². The number of rotatable bonds is 4. The van der Waals surface area contributed by atoms with Crippen molar-refractivity contribution in [1.29, 1.82) is 0 Å². The first-order valence-corrected chi connectivity index (χ1v) is 8.71. The molecule has 0 aromatic heterocycles. The highest BCUT2D eigenvalue weighted by molar-refractivity contribution is 4.97. The van der Waals surface area contributed by atoms with E-state index in [1.807, 2.05) is 0 Å². The standard InChI is InChI=1S/C17H29NO/c1-4-18-5-2-16(1)19-6-3-17-14-8-12-7-13(10-14)11-15(17)9-12/h12-18H,1-11H2. The molecule has 2 heteroatoms. The van der Waals surface area contributed by atoms with Crippen LogP contribution in [0.4, 0.5) is 0 Å². The minimum Gasteiger partial charge on any atom is -0.378 e. The zero-order valence-electron chi connectivity index (χ0n) is 12.2. The van der Waals surface area contributed by atoms with Gasteiger partial charge in [0.05, 0.1) is 6.10 Å². The van der Waals surface area contributed by atoms with E-state index >= 15 is 0 Å². The summed E-state index contributed by atoms with van der Waals surface area (Å²) >= 11 is 0. The van der Waals surface area contributed by atoms with Crippen molar-refractivity contribution in [3.8, 4) is 0 Å². The molecule has 0 radical (unpaired) electrons. The van der Waals surface area contributed by atoms with Crippen molar-refractivity contribution in [2.75, 3.05) is 19.7 Å². The van der Waals surface area contributed by atoms with Crippen LogP contribution in [-0.2, 0) is 4.74 Å². The van der Waals surface area contributed by atoms with E-state index < -0.39 is 0 Å².